The summed E-state index contributed by atoms with van der Waals surface area (Å²) in [7, 11) is 3.27. The maximum absolute atomic E-state index is 12.9. The molecule has 1 saturated heterocycles. The van der Waals surface area contributed by atoms with E-state index in [9.17, 15) is 14.4 Å². The lowest BCUT2D eigenvalue weighted by Crippen LogP contribution is -2.39. The summed E-state index contributed by atoms with van der Waals surface area (Å²) in [4.78, 5) is 45.9. The van der Waals surface area contributed by atoms with Crippen LogP contribution in [0.2, 0.25) is 0 Å². The van der Waals surface area contributed by atoms with Gasteiger partial charge in [-0.15, -0.1) is 0 Å². The van der Waals surface area contributed by atoms with E-state index in [0.717, 1.165) is 43.5 Å². The number of carbonyl (C=O) groups is 3. The number of hydrogen-bond acceptors (Lipinski definition) is 5. The molecule has 1 unspecified atom stereocenters. The first-order chi connectivity index (χ1) is 16.9. The quantitative estimate of drug-likeness (QED) is 0.529. The first kappa shape index (κ1) is 24.2. The number of piperidine rings is 1. The van der Waals surface area contributed by atoms with Crippen molar-refractivity contribution in [3.8, 4) is 11.5 Å². The second-order valence-electron chi connectivity index (χ2n) is 8.88. The minimum absolute atomic E-state index is 0.0979. The highest BCUT2D eigenvalue weighted by atomic mass is 16.3. The third-order valence-corrected chi connectivity index (χ3v) is 6.12. The predicted molar refractivity (Wildman–Crippen MR) is 131 cm³/mol. The van der Waals surface area contributed by atoms with Gasteiger partial charge in [0.1, 0.15) is 12.2 Å². The van der Waals surface area contributed by atoms with Crippen LogP contribution in [0.25, 0.3) is 11.5 Å². The lowest BCUT2D eigenvalue weighted by molar-refractivity contribution is -0.136. The van der Waals surface area contributed by atoms with Gasteiger partial charge in [-0.25, -0.2) is 4.98 Å². The molecule has 182 valence electrons. The number of aromatic nitrogens is 1. The molecular formula is C27H30N4O4. The van der Waals surface area contributed by atoms with Crippen LogP contribution in [0.3, 0.4) is 0 Å². The molecule has 1 aromatic heterocycles. The smallest absolute Gasteiger partial charge is 0.275 e. The van der Waals surface area contributed by atoms with Gasteiger partial charge in [0.05, 0.1) is 0 Å². The van der Waals surface area contributed by atoms with E-state index < -0.39 is 5.92 Å². The average molecular weight is 475 g/mol. The Morgan fingerprint density at radius 3 is 2.34 bits per heavy atom. The van der Waals surface area contributed by atoms with Crippen LogP contribution in [0.5, 0.6) is 0 Å². The highest BCUT2D eigenvalue weighted by molar-refractivity contribution is 6.05. The van der Waals surface area contributed by atoms with Crippen LogP contribution in [0.15, 0.2) is 65.3 Å². The first-order valence-electron chi connectivity index (χ1n) is 11.8. The monoisotopic (exact) mass is 474 g/mol. The molecule has 0 aliphatic carbocycles. The fraction of sp³-hybridized carbons (Fsp3) is 0.333. The number of benzene rings is 2. The molecule has 2 heterocycles. The minimum Gasteiger partial charge on any atom is -0.444 e. The molecule has 1 N–H and O–H groups in total. The second-order valence-corrected chi connectivity index (χ2v) is 8.88. The van der Waals surface area contributed by atoms with E-state index in [1.807, 2.05) is 47.4 Å². The van der Waals surface area contributed by atoms with Crippen molar-refractivity contribution >= 4 is 17.7 Å². The van der Waals surface area contributed by atoms with Crippen LogP contribution in [0.4, 0.5) is 0 Å². The van der Waals surface area contributed by atoms with E-state index in [2.05, 4.69) is 10.3 Å². The van der Waals surface area contributed by atoms with Crippen molar-refractivity contribution in [3.63, 3.8) is 0 Å². The molecule has 8 heteroatoms. The zero-order valence-corrected chi connectivity index (χ0v) is 20.1. The Morgan fingerprint density at radius 1 is 1.00 bits per heavy atom. The predicted octanol–water partition coefficient (Wildman–Crippen LogP) is 3.46. The normalized spacial score (nSPS) is 14.3. The Kier molecular flexibility index (Phi) is 7.60. The van der Waals surface area contributed by atoms with Gasteiger partial charge in [-0.2, -0.15) is 0 Å². The van der Waals surface area contributed by atoms with E-state index in [-0.39, 0.29) is 24.3 Å². The topological polar surface area (TPSA) is 95.8 Å². The van der Waals surface area contributed by atoms with E-state index in [4.69, 9.17) is 4.42 Å². The molecule has 3 amide bonds. The number of nitrogens with zero attached hydrogens (tertiary/aromatic N) is 3. The summed E-state index contributed by atoms with van der Waals surface area (Å²) in [5, 5.41) is 2.87. The summed E-state index contributed by atoms with van der Waals surface area (Å²) in [6.07, 6.45) is 4.60. The molecule has 1 aliphatic rings. The molecule has 2 aromatic carbocycles. The van der Waals surface area contributed by atoms with Crippen molar-refractivity contribution in [1.29, 1.82) is 0 Å². The molecule has 8 nitrogen and oxygen atoms in total. The lowest BCUT2D eigenvalue weighted by Gasteiger charge is -2.25. The maximum atomic E-state index is 12.9. The van der Waals surface area contributed by atoms with Crippen molar-refractivity contribution < 1.29 is 18.8 Å². The highest BCUT2D eigenvalue weighted by Gasteiger charge is 2.29. The van der Waals surface area contributed by atoms with Crippen LogP contribution in [-0.2, 0) is 16.1 Å². The van der Waals surface area contributed by atoms with E-state index in [1.54, 1.807) is 26.2 Å². The van der Waals surface area contributed by atoms with Gasteiger partial charge in [0.2, 0.25) is 17.7 Å². The number of rotatable bonds is 7. The Hall–Kier alpha value is -3.94. The third-order valence-electron chi connectivity index (χ3n) is 6.12. The van der Waals surface area contributed by atoms with Gasteiger partial charge in [-0.1, -0.05) is 42.5 Å². The summed E-state index contributed by atoms with van der Waals surface area (Å²) in [6.45, 7) is 1.78. The number of likely N-dealkylation sites (N-methyl/N-ethyl adjacent to an activating group) is 1. The Labute approximate surface area is 204 Å². The largest absolute Gasteiger partial charge is 0.444 e. The van der Waals surface area contributed by atoms with Crippen LogP contribution in [0.1, 0.15) is 46.8 Å². The molecule has 1 atom stereocenters. The van der Waals surface area contributed by atoms with Crippen molar-refractivity contribution in [1.82, 2.24) is 20.1 Å². The van der Waals surface area contributed by atoms with Crippen molar-refractivity contribution in [2.75, 3.05) is 27.2 Å². The van der Waals surface area contributed by atoms with Gasteiger partial charge in [0, 0.05) is 39.3 Å². The second kappa shape index (κ2) is 11.0. The molecule has 0 spiro atoms. The van der Waals surface area contributed by atoms with Gasteiger partial charge in [-0.05, 0) is 42.5 Å². The number of likely N-dealkylation sites (tertiary alicyclic amines) is 1. The number of nitrogens with one attached hydrogen (secondary N) is 1. The SMILES string of the molecule is CN(C)C(=O)C(C(=O)NCc1ccc(-c2nc(C(=O)N3CCCCC3)co2)cc1)c1ccccc1. The standard InChI is InChI=1S/C27H30N4O4/c1-30(2)27(34)23(20-9-5-3-6-10-20)24(32)28-17-19-11-13-21(14-12-19)25-29-22(18-35-25)26(33)31-15-7-4-8-16-31/h3,5-6,9-14,18,23H,4,7-8,15-17H2,1-2H3,(H,28,32). The summed E-state index contributed by atoms with van der Waals surface area (Å²) < 4.78 is 5.56. The van der Waals surface area contributed by atoms with Crippen molar-refractivity contribution in [2.24, 2.45) is 0 Å². The first-order valence-corrected chi connectivity index (χ1v) is 11.8. The molecular weight excluding hydrogens is 444 g/mol. The highest BCUT2D eigenvalue weighted by Crippen LogP contribution is 2.22. The average Bonchev–Trinajstić information content (AvgIpc) is 3.39. The van der Waals surface area contributed by atoms with Gasteiger partial charge in [0.15, 0.2) is 5.69 Å². The maximum Gasteiger partial charge on any atom is 0.275 e. The number of carbonyl (C=O) groups excluding carboxylic acids is 3. The third kappa shape index (κ3) is 5.77. The summed E-state index contributed by atoms with van der Waals surface area (Å²) in [5.41, 5.74) is 2.57. The zero-order valence-electron chi connectivity index (χ0n) is 20.1. The van der Waals surface area contributed by atoms with Gasteiger partial charge < -0.3 is 19.5 Å². The van der Waals surface area contributed by atoms with Crippen LogP contribution >= 0.6 is 0 Å². The number of hydrogen-bond donors (Lipinski definition) is 1. The Morgan fingerprint density at radius 2 is 1.69 bits per heavy atom. The van der Waals surface area contributed by atoms with E-state index >= 15 is 0 Å². The van der Waals surface area contributed by atoms with Crippen LogP contribution < -0.4 is 5.32 Å². The van der Waals surface area contributed by atoms with E-state index in [1.165, 1.54) is 11.2 Å². The molecule has 35 heavy (non-hydrogen) atoms. The molecule has 1 fully saturated rings. The Bertz CT molecular complexity index is 1170. The summed E-state index contributed by atoms with van der Waals surface area (Å²) in [5.74, 6) is -1.26. The molecule has 4 rings (SSSR count). The summed E-state index contributed by atoms with van der Waals surface area (Å²) in [6, 6.07) is 16.4. The van der Waals surface area contributed by atoms with Crippen molar-refractivity contribution in [2.45, 2.75) is 31.7 Å². The van der Waals surface area contributed by atoms with Gasteiger partial charge in [-0.3, -0.25) is 14.4 Å². The van der Waals surface area contributed by atoms with Gasteiger partial charge >= 0.3 is 0 Å². The molecule has 0 bridgehead atoms. The number of oxazole rings is 1. The minimum atomic E-state index is -0.909. The molecule has 1 aliphatic heterocycles. The van der Waals surface area contributed by atoms with Crippen molar-refractivity contribution in [3.05, 3.63) is 77.7 Å². The van der Waals surface area contributed by atoms with E-state index in [0.29, 0.717) is 17.1 Å². The summed E-state index contributed by atoms with van der Waals surface area (Å²) >= 11 is 0. The fourth-order valence-corrected chi connectivity index (χ4v) is 4.13. The molecule has 3 aromatic rings. The number of amides is 3. The molecule has 0 saturated carbocycles. The molecule has 0 radical (unpaired) electrons. The van der Waals surface area contributed by atoms with Gasteiger partial charge in [0.25, 0.3) is 5.91 Å². The lowest BCUT2D eigenvalue weighted by atomic mass is 9.96. The Balaban J connectivity index is 1.39. The zero-order chi connectivity index (χ0) is 24.8. The van der Waals surface area contributed by atoms with Crippen LogP contribution in [-0.4, -0.2) is 59.7 Å². The fourth-order valence-electron chi connectivity index (χ4n) is 4.13. The van der Waals surface area contributed by atoms with Crippen LogP contribution in [0, 0.1) is 0 Å².